The Bertz CT molecular complexity index is 117. The van der Waals surface area contributed by atoms with Crippen LogP contribution in [0.25, 0.3) is 0 Å². The Morgan fingerprint density at radius 2 is 1.86 bits per heavy atom. The maximum atomic E-state index is 8.75. The van der Waals surface area contributed by atoms with Crippen molar-refractivity contribution < 1.29 is 5.11 Å². The van der Waals surface area contributed by atoms with Crippen LogP contribution in [-0.2, 0) is 0 Å². The molecule has 0 spiro atoms. The van der Waals surface area contributed by atoms with Gasteiger partial charge in [-0.15, -0.1) is 0 Å². The highest BCUT2D eigenvalue weighted by atomic mass is 16.3. The van der Waals surface area contributed by atoms with E-state index in [0.717, 1.165) is 13.0 Å². The summed E-state index contributed by atoms with van der Waals surface area (Å²) in [6.45, 7) is 8.02. The minimum absolute atomic E-state index is 0.313. The highest BCUT2D eigenvalue weighted by Gasteiger charge is 2.04. The van der Waals surface area contributed by atoms with Crippen molar-refractivity contribution in [2.24, 2.45) is 5.92 Å². The summed E-state index contributed by atoms with van der Waals surface area (Å²) in [5.74, 6) is 0.591. The molecule has 2 unspecified atom stereocenters. The molecule has 2 nitrogen and oxygen atoms in total. The lowest BCUT2D eigenvalue weighted by molar-refractivity contribution is 0.257. The zero-order valence-electron chi connectivity index (χ0n) is 10.1. The molecule has 0 aromatic heterocycles. The molecule has 0 aromatic rings. The lowest BCUT2D eigenvalue weighted by Crippen LogP contribution is -2.30. The molecule has 2 heteroatoms. The summed E-state index contributed by atoms with van der Waals surface area (Å²) in [6, 6.07) is 0.627. The highest BCUT2D eigenvalue weighted by Crippen LogP contribution is 2.04. The van der Waals surface area contributed by atoms with Gasteiger partial charge in [0.25, 0.3) is 0 Å². The van der Waals surface area contributed by atoms with Crippen molar-refractivity contribution in [2.45, 2.75) is 58.9 Å². The number of aliphatic hydroxyl groups is 1. The quantitative estimate of drug-likeness (QED) is 0.562. The topological polar surface area (TPSA) is 32.3 Å². The van der Waals surface area contributed by atoms with E-state index in [1.807, 2.05) is 0 Å². The fourth-order valence-corrected chi connectivity index (χ4v) is 1.53. The van der Waals surface area contributed by atoms with Crippen molar-refractivity contribution in [1.82, 2.24) is 5.32 Å². The van der Waals surface area contributed by atoms with E-state index in [9.17, 15) is 0 Å². The second-order valence-corrected chi connectivity index (χ2v) is 4.42. The van der Waals surface area contributed by atoms with E-state index in [-0.39, 0.29) is 0 Å². The molecular weight excluding hydrogens is 174 g/mol. The van der Waals surface area contributed by atoms with Gasteiger partial charge in [0.15, 0.2) is 0 Å². The van der Waals surface area contributed by atoms with Crippen LogP contribution in [0.1, 0.15) is 52.9 Å². The predicted octanol–water partition coefficient (Wildman–Crippen LogP) is 2.56. The van der Waals surface area contributed by atoms with Crippen LogP contribution in [0.2, 0.25) is 0 Å². The van der Waals surface area contributed by atoms with Crippen LogP contribution >= 0.6 is 0 Å². The Labute approximate surface area is 89.1 Å². The van der Waals surface area contributed by atoms with Gasteiger partial charge in [0, 0.05) is 12.6 Å². The number of unbranched alkanes of at least 4 members (excludes halogenated alkanes) is 2. The molecule has 2 N–H and O–H groups in total. The molecule has 0 aromatic carbocycles. The summed E-state index contributed by atoms with van der Waals surface area (Å²) in [6.07, 6.45) is 6.17. The van der Waals surface area contributed by atoms with Gasteiger partial charge in [-0.2, -0.15) is 0 Å². The molecule has 2 atom stereocenters. The van der Waals surface area contributed by atoms with Gasteiger partial charge in [-0.05, 0) is 32.2 Å². The first-order valence-electron chi connectivity index (χ1n) is 6.05. The molecule has 0 amide bonds. The molecule has 0 aliphatic carbocycles. The monoisotopic (exact) mass is 201 g/mol. The molecule has 86 valence electrons. The molecule has 0 radical (unpaired) electrons. The SMILES string of the molecule is CCCCCC(C)NCC(C)CCO. The van der Waals surface area contributed by atoms with E-state index in [1.54, 1.807) is 0 Å². The normalized spacial score (nSPS) is 15.4. The second kappa shape index (κ2) is 9.47. The Balaban J connectivity index is 3.29. The van der Waals surface area contributed by atoms with Crippen LogP contribution in [0, 0.1) is 5.92 Å². The van der Waals surface area contributed by atoms with Crippen molar-refractivity contribution in [3.8, 4) is 0 Å². The molecule has 0 aliphatic rings. The number of hydrogen-bond donors (Lipinski definition) is 2. The van der Waals surface area contributed by atoms with E-state index in [2.05, 4.69) is 26.1 Å². The van der Waals surface area contributed by atoms with Gasteiger partial charge < -0.3 is 10.4 Å². The van der Waals surface area contributed by atoms with Gasteiger partial charge in [-0.1, -0.05) is 33.1 Å². The first-order chi connectivity index (χ1) is 6.70. The van der Waals surface area contributed by atoms with Crippen molar-refractivity contribution in [3.63, 3.8) is 0 Å². The fraction of sp³-hybridized carbons (Fsp3) is 1.00. The van der Waals surface area contributed by atoms with Crippen LogP contribution < -0.4 is 5.32 Å². The summed E-state index contributed by atoms with van der Waals surface area (Å²) in [5, 5.41) is 12.3. The summed E-state index contributed by atoms with van der Waals surface area (Å²) < 4.78 is 0. The molecule has 0 heterocycles. The van der Waals surface area contributed by atoms with Gasteiger partial charge in [0.1, 0.15) is 0 Å². The third-order valence-electron chi connectivity index (χ3n) is 2.68. The zero-order valence-corrected chi connectivity index (χ0v) is 10.1. The lowest BCUT2D eigenvalue weighted by Gasteiger charge is -2.16. The van der Waals surface area contributed by atoms with E-state index in [0.29, 0.717) is 18.6 Å². The Morgan fingerprint density at radius 3 is 2.43 bits per heavy atom. The molecular formula is C12H27NO. The number of aliphatic hydroxyl groups excluding tert-OH is 1. The highest BCUT2D eigenvalue weighted by molar-refractivity contribution is 4.63. The lowest BCUT2D eigenvalue weighted by atomic mass is 10.1. The molecule has 0 fully saturated rings. The largest absolute Gasteiger partial charge is 0.396 e. The maximum absolute atomic E-state index is 8.75. The van der Waals surface area contributed by atoms with Gasteiger partial charge in [0.05, 0.1) is 0 Å². The standard InChI is InChI=1S/C12H27NO/c1-4-5-6-7-12(3)13-10-11(2)8-9-14/h11-14H,4-10H2,1-3H3. The van der Waals surface area contributed by atoms with E-state index in [1.165, 1.54) is 25.7 Å². The van der Waals surface area contributed by atoms with Gasteiger partial charge >= 0.3 is 0 Å². The van der Waals surface area contributed by atoms with Crippen LogP contribution in [0.15, 0.2) is 0 Å². The maximum Gasteiger partial charge on any atom is 0.0434 e. The Morgan fingerprint density at radius 1 is 1.14 bits per heavy atom. The summed E-state index contributed by atoms with van der Waals surface area (Å²) in [7, 11) is 0. The van der Waals surface area contributed by atoms with Gasteiger partial charge in [0.2, 0.25) is 0 Å². The van der Waals surface area contributed by atoms with Crippen molar-refractivity contribution in [1.29, 1.82) is 0 Å². The van der Waals surface area contributed by atoms with E-state index < -0.39 is 0 Å². The van der Waals surface area contributed by atoms with E-state index in [4.69, 9.17) is 5.11 Å². The molecule has 0 saturated carbocycles. The molecule has 0 bridgehead atoms. The first-order valence-corrected chi connectivity index (χ1v) is 6.05. The van der Waals surface area contributed by atoms with Crippen LogP contribution in [0.5, 0.6) is 0 Å². The van der Waals surface area contributed by atoms with Crippen LogP contribution in [-0.4, -0.2) is 24.3 Å². The Hall–Kier alpha value is -0.0800. The summed E-state index contributed by atoms with van der Waals surface area (Å²) in [4.78, 5) is 0. The molecule has 14 heavy (non-hydrogen) atoms. The van der Waals surface area contributed by atoms with Crippen molar-refractivity contribution in [2.75, 3.05) is 13.2 Å². The molecule has 0 aliphatic heterocycles. The van der Waals surface area contributed by atoms with Crippen LogP contribution in [0.4, 0.5) is 0 Å². The second-order valence-electron chi connectivity index (χ2n) is 4.42. The van der Waals surface area contributed by atoms with E-state index >= 15 is 0 Å². The Kier molecular flexibility index (Phi) is 9.42. The smallest absolute Gasteiger partial charge is 0.0434 e. The van der Waals surface area contributed by atoms with Crippen LogP contribution in [0.3, 0.4) is 0 Å². The molecule has 0 saturated heterocycles. The first kappa shape index (κ1) is 13.9. The summed E-state index contributed by atoms with van der Waals surface area (Å²) in [5.41, 5.74) is 0. The molecule has 0 rings (SSSR count). The number of nitrogens with one attached hydrogen (secondary N) is 1. The third-order valence-corrected chi connectivity index (χ3v) is 2.68. The number of rotatable bonds is 9. The zero-order chi connectivity index (χ0) is 10.8. The van der Waals surface area contributed by atoms with Gasteiger partial charge in [-0.25, -0.2) is 0 Å². The minimum atomic E-state index is 0.313. The average Bonchev–Trinajstić information content (AvgIpc) is 2.16. The minimum Gasteiger partial charge on any atom is -0.396 e. The average molecular weight is 201 g/mol. The third kappa shape index (κ3) is 8.52. The van der Waals surface area contributed by atoms with Crippen molar-refractivity contribution in [3.05, 3.63) is 0 Å². The summed E-state index contributed by atoms with van der Waals surface area (Å²) >= 11 is 0. The van der Waals surface area contributed by atoms with Gasteiger partial charge in [-0.3, -0.25) is 0 Å². The van der Waals surface area contributed by atoms with Crippen molar-refractivity contribution >= 4 is 0 Å². The predicted molar refractivity (Wildman–Crippen MR) is 62.5 cm³/mol. The number of hydrogen-bond acceptors (Lipinski definition) is 2. The fourth-order valence-electron chi connectivity index (χ4n) is 1.53.